The van der Waals surface area contributed by atoms with Gasteiger partial charge in [-0.1, -0.05) is 58.5 Å². The fraction of sp³-hybridized carbons (Fsp3) is 0.286. The van der Waals surface area contributed by atoms with Crippen LogP contribution in [0.15, 0.2) is 46.5 Å². The molecule has 0 spiro atoms. The molecule has 1 aliphatic heterocycles. The summed E-state index contributed by atoms with van der Waals surface area (Å²) in [5.74, 6) is -4.30. The summed E-state index contributed by atoms with van der Waals surface area (Å²) in [6.07, 6.45) is 0. The van der Waals surface area contributed by atoms with Crippen LogP contribution in [0, 0.1) is 11.8 Å². The van der Waals surface area contributed by atoms with Gasteiger partial charge in [0.05, 0.1) is 16.0 Å². The number of carboxylic acids is 1. The molecule has 0 saturated heterocycles. The molecule has 2 bridgehead atoms. The normalized spacial score (nSPS) is 32.4. The number of phenols is 2. The number of phenolic OH excluding ortho intramolecular Hbond substituents is 2. The number of aromatic hydroxyl groups is 2. The van der Waals surface area contributed by atoms with Crippen LogP contribution in [0.25, 0.3) is 0 Å². The molecule has 0 aromatic heterocycles. The Morgan fingerprint density at radius 2 is 1.31 bits per heavy atom. The molecule has 2 aliphatic carbocycles. The first kappa shape index (κ1) is 22.6. The minimum absolute atomic E-state index is 0.0757. The van der Waals surface area contributed by atoms with Gasteiger partial charge in [-0.2, -0.15) is 0 Å². The van der Waals surface area contributed by atoms with Gasteiger partial charge >= 0.3 is 5.97 Å². The number of benzene rings is 2. The zero-order chi connectivity index (χ0) is 23.4. The quantitative estimate of drug-likeness (QED) is 0.368. The van der Waals surface area contributed by atoms with Gasteiger partial charge in [-0.3, -0.25) is 4.79 Å². The Kier molecular flexibility index (Phi) is 4.87. The van der Waals surface area contributed by atoms with Crippen LogP contribution in [-0.4, -0.2) is 35.4 Å². The SMILES string of the molecule is O=C(O)[C@H]1[C@H](C2c3ccc(O)cc3Oc3cc(O)ccc32)[C@]2(Cl)C(Cl)=C(Cl)[C@]1(Cl)C2(Cl)Cl. The average Bonchev–Trinajstić information content (AvgIpc) is 2.92. The van der Waals surface area contributed by atoms with E-state index >= 15 is 0 Å². The van der Waals surface area contributed by atoms with E-state index in [4.69, 9.17) is 74.3 Å². The van der Waals surface area contributed by atoms with E-state index in [1.165, 1.54) is 24.3 Å². The molecule has 4 atom stereocenters. The Balaban J connectivity index is 1.85. The van der Waals surface area contributed by atoms with Crippen molar-refractivity contribution < 1.29 is 24.9 Å². The monoisotopic (exact) mass is 554 g/mol. The van der Waals surface area contributed by atoms with Gasteiger partial charge in [0.25, 0.3) is 0 Å². The maximum Gasteiger partial charge on any atom is 0.309 e. The summed E-state index contributed by atoms with van der Waals surface area (Å²) in [5.41, 5.74) is 1.02. The maximum atomic E-state index is 12.6. The number of ether oxygens (including phenoxy) is 1. The smallest absolute Gasteiger partial charge is 0.309 e. The van der Waals surface area contributed by atoms with Crippen molar-refractivity contribution in [2.24, 2.45) is 11.8 Å². The zero-order valence-corrected chi connectivity index (χ0v) is 20.2. The molecule has 0 unspecified atom stereocenters. The number of hydrogen-bond acceptors (Lipinski definition) is 4. The second-order valence-corrected chi connectivity index (χ2v) is 11.3. The predicted molar refractivity (Wildman–Crippen MR) is 123 cm³/mol. The summed E-state index contributed by atoms with van der Waals surface area (Å²) >= 11 is 40.1. The molecule has 168 valence electrons. The zero-order valence-electron chi connectivity index (χ0n) is 15.6. The summed E-state index contributed by atoms with van der Waals surface area (Å²) < 4.78 is 3.81. The molecule has 32 heavy (non-hydrogen) atoms. The number of halogens is 6. The van der Waals surface area contributed by atoms with Crippen molar-refractivity contribution in [2.45, 2.75) is 20.0 Å². The van der Waals surface area contributed by atoms with Crippen LogP contribution in [0.2, 0.25) is 0 Å². The Bertz CT molecular complexity index is 1180. The van der Waals surface area contributed by atoms with Gasteiger partial charge in [0.1, 0.15) is 32.7 Å². The van der Waals surface area contributed by atoms with E-state index < -0.39 is 37.8 Å². The Labute approximate surface area is 212 Å². The number of alkyl halides is 4. The maximum absolute atomic E-state index is 12.6. The van der Waals surface area contributed by atoms with E-state index in [1.807, 2.05) is 0 Å². The van der Waals surface area contributed by atoms with Crippen LogP contribution in [-0.2, 0) is 4.79 Å². The largest absolute Gasteiger partial charge is 0.508 e. The number of rotatable bonds is 2. The third-order valence-corrected chi connectivity index (χ3v) is 10.8. The number of carboxylic acid groups (broad SMARTS) is 1. The molecular formula is C21H12Cl6O5. The van der Waals surface area contributed by atoms with Crippen LogP contribution in [0.4, 0.5) is 0 Å². The predicted octanol–water partition coefficient (Wildman–Crippen LogP) is 6.50. The fourth-order valence-electron chi connectivity index (χ4n) is 5.18. The van der Waals surface area contributed by atoms with Crippen molar-refractivity contribution in [3.63, 3.8) is 0 Å². The van der Waals surface area contributed by atoms with E-state index in [0.29, 0.717) is 11.1 Å². The van der Waals surface area contributed by atoms with Gasteiger partial charge in [0.2, 0.25) is 0 Å². The number of allylic oxidation sites excluding steroid dienone is 2. The molecule has 11 heteroatoms. The highest BCUT2D eigenvalue weighted by molar-refractivity contribution is 6.66. The van der Waals surface area contributed by atoms with E-state index in [0.717, 1.165) is 0 Å². The molecule has 1 saturated carbocycles. The molecule has 2 aromatic carbocycles. The second-order valence-electron chi connectivity index (χ2n) is 7.99. The van der Waals surface area contributed by atoms with Crippen molar-refractivity contribution in [1.82, 2.24) is 0 Å². The first-order valence-electron chi connectivity index (χ1n) is 9.25. The van der Waals surface area contributed by atoms with Crippen molar-refractivity contribution in [2.75, 3.05) is 0 Å². The Morgan fingerprint density at radius 3 is 1.78 bits per heavy atom. The lowest BCUT2D eigenvalue weighted by Crippen LogP contribution is -2.45. The van der Waals surface area contributed by atoms with Crippen molar-refractivity contribution in [3.8, 4) is 23.0 Å². The summed E-state index contributed by atoms with van der Waals surface area (Å²) in [6.45, 7) is 0. The van der Waals surface area contributed by atoms with E-state index in [1.54, 1.807) is 12.1 Å². The number of carbonyl (C=O) groups is 1. The van der Waals surface area contributed by atoms with E-state index in [9.17, 15) is 20.1 Å². The minimum Gasteiger partial charge on any atom is -0.508 e. The highest BCUT2D eigenvalue weighted by Gasteiger charge is 2.85. The van der Waals surface area contributed by atoms with Gasteiger partial charge in [0.15, 0.2) is 4.33 Å². The number of fused-ring (bicyclic) bond motifs is 4. The van der Waals surface area contributed by atoms with E-state index in [-0.39, 0.29) is 33.1 Å². The molecule has 5 rings (SSSR count). The molecule has 0 amide bonds. The first-order valence-corrected chi connectivity index (χ1v) is 11.5. The third-order valence-electron chi connectivity index (χ3n) is 6.50. The molecule has 1 fully saturated rings. The van der Waals surface area contributed by atoms with E-state index in [2.05, 4.69) is 0 Å². The topological polar surface area (TPSA) is 87.0 Å². The average molecular weight is 557 g/mol. The fourth-order valence-corrected chi connectivity index (χ4v) is 8.18. The van der Waals surface area contributed by atoms with Crippen LogP contribution >= 0.6 is 69.6 Å². The van der Waals surface area contributed by atoms with Gasteiger partial charge in [-0.25, -0.2) is 0 Å². The van der Waals surface area contributed by atoms with Crippen LogP contribution < -0.4 is 4.74 Å². The highest BCUT2D eigenvalue weighted by atomic mass is 35.5. The summed E-state index contributed by atoms with van der Waals surface area (Å²) in [7, 11) is 0. The highest BCUT2D eigenvalue weighted by Crippen LogP contribution is 2.79. The van der Waals surface area contributed by atoms with Crippen LogP contribution in [0.5, 0.6) is 23.0 Å². The van der Waals surface area contributed by atoms with Gasteiger partial charge in [-0.15, -0.1) is 23.2 Å². The van der Waals surface area contributed by atoms with Gasteiger partial charge < -0.3 is 20.1 Å². The number of hydrogen-bond donors (Lipinski definition) is 3. The molecule has 2 aromatic rings. The van der Waals surface area contributed by atoms with Gasteiger partial charge in [-0.05, 0) is 12.1 Å². The molecule has 3 N–H and O–H groups in total. The lowest BCUT2D eigenvalue weighted by atomic mass is 9.68. The lowest BCUT2D eigenvalue weighted by Gasteiger charge is -2.42. The van der Waals surface area contributed by atoms with Crippen LogP contribution in [0.3, 0.4) is 0 Å². The summed E-state index contributed by atoms with van der Waals surface area (Å²) in [5, 5.41) is 29.9. The molecule has 0 radical (unpaired) electrons. The first-order chi connectivity index (χ1) is 14.9. The van der Waals surface area contributed by atoms with Crippen molar-refractivity contribution in [1.29, 1.82) is 0 Å². The lowest BCUT2D eigenvalue weighted by molar-refractivity contribution is -0.144. The Hall–Kier alpha value is -1.21. The van der Waals surface area contributed by atoms with Gasteiger partial charge in [0, 0.05) is 35.1 Å². The number of aliphatic carboxylic acids is 1. The molecule has 3 aliphatic rings. The summed E-state index contributed by atoms with van der Waals surface area (Å²) in [6, 6.07) is 8.77. The molecular weight excluding hydrogens is 545 g/mol. The minimum atomic E-state index is -2.07. The standard InChI is InChI=1S/C21H12Cl6O5/c22-16-17(23)20(25)15(18(30)31)14(19(16,24)21(20,26)27)13-9-3-1-7(28)5-11(9)32-12-6-8(29)2-4-10(12)13/h1-6,13-15,28-29H,(H,30,31)/t14-,15+,19-,20-/m0/s1. The van der Waals surface area contributed by atoms with Crippen molar-refractivity contribution >= 4 is 75.6 Å². The second kappa shape index (κ2) is 6.91. The molecule has 5 nitrogen and oxygen atoms in total. The third kappa shape index (κ3) is 2.47. The summed E-state index contributed by atoms with van der Waals surface area (Å²) in [4.78, 5) is 8.70. The molecule has 1 heterocycles. The Morgan fingerprint density at radius 1 is 0.844 bits per heavy atom. The van der Waals surface area contributed by atoms with Crippen LogP contribution in [0.1, 0.15) is 17.0 Å². The van der Waals surface area contributed by atoms with Crippen molar-refractivity contribution in [3.05, 3.63) is 57.6 Å².